The predicted molar refractivity (Wildman–Crippen MR) is 136 cm³/mol. The van der Waals surface area contributed by atoms with Crippen LogP contribution in [0.5, 0.6) is 0 Å². The van der Waals surface area contributed by atoms with E-state index < -0.39 is 12.0 Å². The van der Waals surface area contributed by atoms with Crippen LogP contribution in [0.15, 0.2) is 35.1 Å². The van der Waals surface area contributed by atoms with Crippen molar-refractivity contribution >= 4 is 11.2 Å². The Morgan fingerprint density at radius 3 is 2.58 bits per heavy atom. The average Bonchev–Trinajstić information content (AvgIpc) is 3.38. The highest BCUT2D eigenvalue weighted by Crippen LogP contribution is 2.31. The molecule has 11 heteroatoms. The SMILES string of the molecule is Cn1c(=O)n(CC(C)(C)C)c2ccc(-c3cc(CN4CCc5nc(C(F)(F)F)[nH]c5C4)ccc3C#N)nc21. The summed E-state index contributed by atoms with van der Waals surface area (Å²) in [4.78, 5) is 25.9. The van der Waals surface area contributed by atoms with E-state index in [2.05, 4.69) is 36.8 Å². The molecule has 8 nitrogen and oxygen atoms in total. The lowest BCUT2D eigenvalue weighted by atomic mass is 9.97. The van der Waals surface area contributed by atoms with Gasteiger partial charge in [-0.3, -0.25) is 14.0 Å². The molecule has 0 spiro atoms. The molecular weight excluding hydrogens is 495 g/mol. The molecule has 0 bridgehead atoms. The fourth-order valence-electron chi connectivity index (χ4n) is 4.93. The average molecular weight is 524 g/mol. The van der Waals surface area contributed by atoms with Gasteiger partial charge in [0.25, 0.3) is 0 Å². The summed E-state index contributed by atoms with van der Waals surface area (Å²) in [5.41, 5.74) is 4.51. The number of aromatic amines is 1. The number of hydrogen-bond donors (Lipinski definition) is 1. The summed E-state index contributed by atoms with van der Waals surface area (Å²) in [5, 5.41) is 9.76. The van der Waals surface area contributed by atoms with Gasteiger partial charge in [0.2, 0.25) is 5.82 Å². The van der Waals surface area contributed by atoms with Gasteiger partial charge in [0.1, 0.15) is 0 Å². The van der Waals surface area contributed by atoms with Gasteiger partial charge in [0, 0.05) is 45.2 Å². The number of pyridine rings is 1. The molecule has 0 radical (unpaired) electrons. The number of H-pyrrole nitrogens is 1. The van der Waals surface area contributed by atoms with Gasteiger partial charge in [0.05, 0.1) is 34.2 Å². The van der Waals surface area contributed by atoms with Crippen molar-refractivity contribution in [2.75, 3.05) is 6.54 Å². The monoisotopic (exact) mass is 523 g/mol. The molecule has 0 saturated heterocycles. The minimum atomic E-state index is -4.50. The third-order valence-corrected chi connectivity index (χ3v) is 6.68. The number of aromatic nitrogens is 5. The maximum Gasteiger partial charge on any atom is 0.449 e. The summed E-state index contributed by atoms with van der Waals surface area (Å²) in [6.45, 7) is 8.11. The Hall–Kier alpha value is -3.91. The molecular formula is C27H28F3N7O. The Morgan fingerprint density at radius 1 is 1.13 bits per heavy atom. The van der Waals surface area contributed by atoms with Gasteiger partial charge in [-0.1, -0.05) is 26.8 Å². The summed E-state index contributed by atoms with van der Waals surface area (Å²) in [6, 6.07) is 11.4. The summed E-state index contributed by atoms with van der Waals surface area (Å²) in [7, 11) is 1.69. The van der Waals surface area contributed by atoms with Crippen LogP contribution >= 0.6 is 0 Å². The van der Waals surface area contributed by atoms with E-state index >= 15 is 0 Å². The highest BCUT2D eigenvalue weighted by Gasteiger charge is 2.36. The zero-order valence-corrected chi connectivity index (χ0v) is 21.6. The van der Waals surface area contributed by atoms with Gasteiger partial charge < -0.3 is 4.98 Å². The Kier molecular flexibility index (Phi) is 6.18. The molecule has 0 aliphatic carbocycles. The third-order valence-electron chi connectivity index (χ3n) is 6.68. The second kappa shape index (κ2) is 9.13. The molecule has 1 N–H and O–H groups in total. The van der Waals surface area contributed by atoms with Crippen molar-refractivity contribution in [1.82, 2.24) is 29.0 Å². The normalized spacial score (nSPS) is 14.6. The fourth-order valence-corrected chi connectivity index (χ4v) is 4.93. The number of nitrogens with one attached hydrogen (secondary N) is 1. The minimum Gasteiger partial charge on any atom is -0.337 e. The molecule has 1 aromatic carbocycles. The number of aryl methyl sites for hydroxylation is 1. The van der Waals surface area contributed by atoms with Gasteiger partial charge in [-0.2, -0.15) is 18.4 Å². The number of rotatable bonds is 4. The summed E-state index contributed by atoms with van der Waals surface area (Å²) in [6.07, 6.45) is -4.08. The summed E-state index contributed by atoms with van der Waals surface area (Å²) < 4.78 is 42.4. The van der Waals surface area contributed by atoms with E-state index in [9.17, 15) is 23.2 Å². The third kappa shape index (κ3) is 4.84. The first-order valence-corrected chi connectivity index (χ1v) is 12.3. The summed E-state index contributed by atoms with van der Waals surface area (Å²) in [5.74, 6) is -0.961. The van der Waals surface area contributed by atoms with E-state index in [1.54, 1.807) is 17.7 Å². The molecule has 4 aromatic rings. The van der Waals surface area contributed by atoms with Crippen LogP contribution in [0.1, 0.15) is 49.1 Å². The van der Waals surface area contributed by atoms with Gasteiger partial charge in [-0.05, 0) is 35.2 Å². The van der Waals surface area contributed by atoms with Crippen LogP contribution in [-0.4, -0.2) is 35.5 Å². The largest absolute Gasteiger partial charge is 0.449 e. The smallest absolute Gasteiger partial charge is 0.337 e. The van der Waals surface area contributed by atoms with Gasteiger partial charge >= 0.3 is 11.9 Å². The molecule has 4 heterocycles. The van der Waals surface area contributed by atoms with Crippen LogP contribution in [0, 0.1) is 16.7 Å². The Balaban J connectivity index is 1.45. The van der Waals surface area contributed by atoms with Crippen LogP contribution in [0.4, 0.5) is 13.2 Å². The lowest BCUT2D eigenvalue weighted by Gasteiger charge is -2.26. The highest BCUT2D eigenvalue weighted by molar-refractivity contribution is 5.78. The Morgan fingerprint density at radius 2 is 1.89 bits per heavy atom. The zero-order chi connectivity index (χ0) is 27.4. The number of nitrogens with zero attached hydrogens (tertiary/aromatic N) is 6. The lowest BCUT2D eigenvalue weighted by Crippen LogP contribution is -2.30. The van der Waals surface area contributed by atoms with Crippen LogP contribution in [0.2, 0.25) is 0 Å². The number of fused-ring (bicyclic) bond motifs is 2. The molecule has 0 amide bonds. The number of alkyl halides is 3. The molecule has 0 saturated carbocycles. The standard InChI is InChI=1S/C27H28F3N7O/c1-26(2,3)15-37-22-8-7-19(32-23(22)35(4)25(37)38)18-11-16(5-6-17(18)12-31)13-36-10-9-20-21(14-36)34-24(33-20)27(28,29)30/h5-8,11H,9-10,13-15H2,1-4H3,(H,33,34). The molecule has 0 fully saturated rings. The number of nitriles is 1. The molecule has 5 rings (SSSR count). The van der Waals surface area contributed by atoms with Crippen molar-refractivity contribution in [1.29, 1.82) is 5.26 Å². The molecule has 3 aromatic heterocycles. The van der Waals surface area contributed by atoms with E-state index in [1.807, 2.05) is 29.2 Å². The van der Waals surface area contributed by atoms with Crippen LogP contribution in [-0.2, 0) is 39.3 Å². The topological polar surface area (TPSA) is 95.5 Å². The number of hydrogen-bond acceptors (Lipinski definition) is 5. The highest BCUT2D eigenvalue weighted by atomic mass is 19.4. The van der Waals surface area contributed by atoms with Crippen LogP contribution in [0.25, 0.3) is 22.4 Å². The van der Waals surface area contributed by atoms with Crippen molar-refractivity contribution in [3.63, 3.8) is 0 Å². The molecule has 1 aliphatic heterocycles. The lowest BCUT2D eigenvalue weighted by molar-refractivity contribution is -0.144. The Bertz CT molecular complexity index is 1630. The second-order valence-corrected chi connectivity index (χ2v) is 11.0. The van der Waals surface area contributed by atoms with Crippen molar-refractivity contribution in [2.45, 2.75) is 53.0 Å². The molecule has 1 aliphatic rings. The van der Waals surface area contributed by atoms with E-state index in [4.69, 9.17) is 4.98 Å². The maximum atomic E-state index is 13.1. The molecule has 0 unspecified atom stereocenters. The van der Waals surface area contributed by atoms with Crippen molar-refractivity contribution in [2.24, 2.45) is 12.5 Å². The van der Waals surface area contributed by atoms with E-state index in [0.717, 1.165) is 11.1 Å². The molecule has 38 heavy (non-hydrogen) atoms. The predicted octanol–water partition coefficient (Wildman–Crippen LogP) is 4.62. The van der Waals surface area contributed by atoms with Gasteiger partial charge in [-0.15, -0.1) is 0 Å². The van der Waals surface area contributed by atoms with Gasteiger partial charge in [-0.25, -0.2) is 14.8 Å². The molecule has 198 valence electrons. The first kappa shape index (κ1) is 25.7. The number of benzene rings is 1. The van der Waals surface area contributed by atoms with Crippen molar-refractivity contribution < 1.29 is 13.2 Å². The van der Waals surface area contributed by atoms with E-state index in [-0.39, 0.29) is 11.1 Å². The minimum absolute atomic E-state index is 0.0984. The van der Waals surface area contributed by atoms with Crippen molar-refractivity contribution in [3.8, 4) is 17.3 Å². The number of halogens is 3. The fraction of sp³-hybridized carbons (Fsp3) is 0.407. The van der Waals surface area contributed by atoms with E-state index in [0.29, 0.717) is 66.5 Å². The quantitative estimate of drug-likeness (QED) is 0.421. The first-order valence-electron chi connectivity index (χ1n) is 12.3. The maximum absolute atomic E-state index is 13.1. The van der Waals surface area contributed by atoms with Gasteiger partial charge in [0.15, 0.2) is 5.65 Å². The second-order valence-electron chi connectivity index (χ2n) is 11.0. The van der Waals surface area contributed by atoms with E-state index in [1.165, 1.54) is 4.57 Å². The molecule has 0 atom stereocenters. The zero-order valence-electron chi connectivity index (χ0n) is 21.6. The number of imidazole rings is 2. The van der Waals surface area contributed by atoms with Crippen molar-refractivity contribution in [3.05, 3.63) is 69.2 Å². The van der Waals surface area contributed by atoms with Crippen LogP contribution in [0.3, 0.4) is 0 Å². The summed E-state index contributed by atoms with van der Waals surface area (Å²) >= 11 is 0. The Labute approximate surface area is 217 Å². The van der Waals surface area contributed by atoms with Crippen LogP contribution < -0.4 is 5.69 Å². The first-order chi connectivity index (χ1) is 17.8.